The highest BCUT2D eigenvalue weighted by Crippen LogP contribution is 2.31. The SMILES string of the molecule is CCC(C)c1ccc(S(=O)(=O)NCC(N)C2CC2)cc1. The fourth-order valence-electron chi connectivity index (χ4n) is 2.19. The normalized spacial score (nSPS) is 18.8. The van der Waals surface area contributed by atoms with E-state index in [0.717, 1.165) is 19.3 Å². The van der Waals surface area contributed by atoms with Crippen molar-refractivity contribution in [2.24, 2.45) is 11.7 Å². The molecular weight excluding hydrogens is 272 g/mol. The van der Waals surface area contributed by atoms with E-state index in [1.165, 1.54) is 5.56 Å². The highest BCUT2D eigenvalue weighted by Gasteiger charge is 2.29. The van der Waals surface area contributed by atoms with Gasteiger partial charge in [0.2, 0.25) is 10.0 Å². The van der Waals surface area contributed by atoms with Gasteiger partial charge in [-0.25, -0.2) is 13.1 Å². The first-order valence-electron chi connectivity index (χ1n) is 7.29. The van der Waals surface area contributed by atoms with Gasteiger partial charge in [0.15, 0.2) is 0 Å². The molecule has 112 valence electrons. The van der Waals surface area contributed by atoms with Gasteiger partial charge in [-0.1, -0.05) is 26.0 Å². The number of benzene rings is 1. The molecule has 0 spiro atoms. The molecule has 0 heterocycles. The molecular formula is C15H24N2O2S. The van der Waals surface area contributed by atoms with Gasteiger partial charge < -0.3 is 5.73 Å². The Morgan fingerprint density at radius 3 is 2.40 bits per heavy atom. The molecule has 0 aliphatic heterocycles. The Morgan fingerprint density at radius 2 is 1.90 bits per heavy atom. The van der Waals surface area contributed by atoms with E-state index in [4.69, 9.17) is 5.73 Å². The van der Waals surface area contributed by atoms with E-state index in [0.29, 0.717) is 23.3 Å². The van der Waals surface area contributed by atoms with Crippen molar-refractivity contribution in [3.8, 4) is 0 Å². The van der Waals surface area contributed by atoms with Gasteiger partial charge in [-0.05, 0) is 48.8 Å². The Morgan fingerprint density at radius 1 is 1.30 bits per heavy atom. The number of rotatable bonds is 7. The first-order valence-corrected chi connectivity index (χ1v) is 8.77. The van der Waals surface area contributed by atoms with E-state index in [2.05, 4.69) is 18.6 Å². The Labute approximate surface area is 121 Å². The van der Waals surface area contributed by atoms with Gasteiger partial charge in [-0.15, -0.1) is 0 Å². The lowest BCUT2D eigenvalue weighted by molar-refractivity contribution is 0.547. The third-order valence-corrected chi connectivity index (χ3v) is 5.55. The average molecular weight is 296 g/mol. The molecule has 0 radical (unpaired) electrons. The largest absolute Gasteiger partial charge is 0.326 e. The van der Waals surface area contributed by atoms with Gasteiger partial charge in [-0.2, -0.15) is 0 Å². The summed E-state index contributed by atoms with van der Waals surface area (Å²) in [5.74, 6) is 0.938. The van der Waals surface area contributed by atoms with Crippen LogP contribution in [0.1, 0.15) is 44.6 Å². The summed E-state index contributed by atoms with van der Waals surface area (Å²) in [6, 6.07) is 7.07. The fraction of sp³-hybridized carbons (Fsp3) is 0.600. The van der Waals surface area contributed by atoms with Crippen LogP contribution in [-0.4, -0.2) is 21.0 Å². The highest BCUT2D eigenvalue weighted by molar-refractivity contribution is 7.89. The summed E-state index contributed by atoms with van der Waals surface area (Å²) in [7, 11) is -3.44. The van der Waals surface area contributed by atoms with Gasteiger partial charge in [0.05, 0.1) is 4.90 Å². The molecule has 0 bridgehead atoms. The number of sulfonamides is 1. The van der Waals surface area contributed by atoms with E-state index < -0.39 is 10.0 Å². The van der Waals surface area contributed by atoms with Gasteiger partial charge in [-0.3, -0.25) is 0 Å². The predicted octanol–water partition coefficient (Wildman–Crippen LogP) is 2.22. The van der Waals surface area contributed by atoms with Gasteiger partial charge in [0, 0.05) is 12.6 Å². The van der Waals surface area contributed by atoms with E-state index in [1.807, 2.05) is 12.1 Å². The van der Waals surface area contributed by atoms with E-state index >= 15 is 0 Å². The molecule has 1 aromatic carbocycles. The van der Waals surface area contributed by atoms with Gasteiger partial charge in [0.1, 0.15) is 0 Å². The second-order valence-electron chi connectivity index (χ2n) is 5.73. The van der Waals surface area contributed by atoms with Crippen LogP contribution in [0, 0.1) is 5.92 Å². The third-order valence-electron chi connectivity index (χ3n) is 4.11. The zero-order valence-corrected chi connectivity index (χ0v) is 13.0. The topological polar surface area (TPSA) is 72.2 Å². The summed E-state index contributed by atoms with van der Waals surface area (Å²) in [6.45, 7) is 4.58. The molecule has 2 atom stereocenters. The van der Waals surface area contributed by atoms with Crippen LogP contribution in [0.2, 0.25) is 0 Å². The predicted molar refractivity (Wildman–Crippen MR) is 81.0 cm³/mol. The fourth-order valence-corrected chi connectivity index (χ4v) is 3.26. The maximum atomic E-state index is 12.2. The van der Waals surface area contributed by atoms with Crippen LogP contribution in [0.15, 0.2) is 29.2 Å². The molecule has 2 rings (SSSR count). The van der Waals surface area contributed by atoms with Crippen LogP contribution in [0.25, 0.3) is 0 Å². The summed E-state index contributed by atoms with van der Waals surface area (Å²) in [5, 5.41) is 0. The molecule has 20 heavy (non-hydrogen) atoms. The average Bonchev–Trinajstić information content (AvgIpc) is 3.28. The van der Waals surface area contributed by atoms with E-state index in [1.54, 1.807) is 12.1 Å². The second-order valence-corrected chi connectivity index (χ2v) is 7.50. The summed E-state index contributed by atoms with van der Waals surface area (Å²) in [5.41, 5.74) is 7.09. The summed E-state index contributed by atoms with van der Waals surface area (Å²) >= 11 is 0. The Kier molecular flexibility index (Phi) is 4.83. The number of nitrogens with one attached hydrogen (secondary N) is 1. The molecule has 0 amide bonds. The van der Waals surface area contributed by atoms with Crippen molar-refractivity contribution in [3.63, 3.8) is 0 Å². The Hall–Kier alpha value is -0.910. The van der Waals surface area contributed by atoms with Crippen molar-refractivity contribution in [2.75, 3.05) is 6.54 Å². The lowest BCUT2D eigenvalue weighted by atomic mass is 9.99. The minimum atomic E-state index is -3.44. The van der Waals surface area contributed by atoms with Gasteiger partial charge >= 0.3 is 0 Å². The van der Waals surface area contributed by atoms with Crippen molar-refractivity contribution in [1.82, 2.24) is 4.72 Å². The van der Waals surface area contributed by atoms with E-state index in [-0.39, 0.29) is 6.04 Å². The van der Waals surface area contributed by atoms with Crippen molar-refractivity contribution in [3.05, 3.63) is 29.8 Å². The quantitative estimate of drug-likeness (QED) is 0.810. The smallest absolute Gasteiger partial charge is 0.240 e. The Bertz CT molecular complexity index is 535. The summed E-state index contributed by atoms with van der Waals surface area (Å²) < 4.78 is 26.9. The maximum Gasteiger partial charge on any atom is 0.240 e. The molecule has 0 saturated heterocycles. The zero-order valence-electron chi connectivity index (χ0n) is 12.2. The Balaban J connectivity index is 2.01. The van der Waals surface area contributed by atoms with E-state index in [9.17, 15) is 8.42 Å². The minimum Gasteiger partial charge on any atom is -0.326 e. The van der Waals surface area contributed by atoms with Crippen LogP contribution >= 0.6 is 0 Å². The first-order chi connectivity index (χ1) is 9.44. The molecule has 0 aromatic heterocycles. The number of hydrogen-bond acceptors (Lipinski definition) is 3. The van der Waals surface area contributed by atoms with Crippen LogP contribution in [0.4, 0.5) is 0 Å². The monoisotopic (exact) mass is 296 g/mol. The molecule has 1 aliphatic carbocycles. The van der Waals surface area contributed by atoms with Crippen molar-refractivity contribution in [1.29, 1.82) is 0 Å². The maximum absolute atomic E-state index is 12.2. The van der Waals surface area contributed by atoms with Crippen molar-refractivity contribution in [2.45, 2.75) is 50.0 Å². The summed E-state index contributed by atoms with van der Waals surface area (Å²) in [6.07, 6.45) is 3.28. The third kappa shape index (κ3) is 3.81. The number of hydrogen-bond donors (Lipinski definition) is 2. The standard InChI is InChI=1S/C15H24N2O2S/c1-3-11(2)12-6-8-14(9-7-12)20(18,19)17-10-15(16)13-4-5-13/h6-9,11,13,15,17H,3-5,10,16H2,1-2H3. The lowest BCUT2D eigenvalue weighted by Gasteiger charge is -2.13. The van der Waals surface area contributed by atoms with Crippen molar-refractivity contribution >= 4 is 10.0 Å². The molecule has 1 fully saturated rings. The summed E-state index contributed by atoms with van der Waals surface area (Å²) in [4.78, 5) is 0.313. The van der Waals surface area contributed by atoms with Crippen LogP contribution < -0.4 is 10.5 Å². The second kappa shape index (κ2) is 6.24. The lowest BCUT2D eigenvalue weighted by Crippen LogP contribution is -2.38. The first kappa shape index (κ1) is 15.5. The van der Waals surface area contributed by atoms with Crippen LogP contribution in [0.5, 0.6) is 0 Å². The molecule has 4 nitrogen and oxygen atoms in total. The minimum absolute atomic E-state index is 0.0656. The molecule has 1 saturated carbocycles. The molecule has 1 aromatic rings. The zero-order chi connectivity index (χ0) is 14.8. The van der Waals surface area contributed by atoms with Gasteiger partial charge in [0.25, 0.3) is 0 Å². The molecule has 2 unspecified atom stereocenters. The van der Waals surface area contributed by atoms with Crippen LogP contribution in [0.3, 0.4) is 0 Å². The molecule has 1 aliphatic rings. The number of nitrogens with two attached hydrogens (primary N) is 1. The van der Waals surface area contributed by atoms with Crippen LogP contribution in [-0.2, 0) is 10.0 Å². The van der Waals surface area contributed by atoms with Crippen molar-refractivity contribution < 1.29 is 8.42 Å². The highest BCUT2D eigenvalue weighted by atomic mass is 32.2. The molecule has 5 heteroatoms. The molecule has 3 N–H and O–H groups in total.